The van der Waals surface area contributed by atoms with E-state index in [9.17, 15) is 0 Å². The summed E-state index contributed by atoms with van der Waals surface area (Å²) in [5, 5.41) is 11.9. The number of hydrogen-bond donors (Lipinski definition) is 1. The van der Waals surface area contributed by atoms with Crippen LogP contribution in [0.1, 0.15) is 30.9 Å². The highest BCUT2D eigenvalue weighted by Gasteiger charge is 2.07. The molecule has 2 aromatic rings. The third kappa shape index (κ3) is 2.71. The first-order chi connectivity index (χ1) is 9.15. The monoisotopic (exact) mass is 252 g/mol. The molecule has 1 aromatic heterocycles. The van der Waals surface area contributed by atoms with Crippen molar-refractivity contribution in [2.24, 2.45) is 0 Å². The van der Waals surface area contributed by atoms with Gasteiger partial charge in [-0.1, -0.05) is 38.1 Å². The van der Waals surface area contributed by atoms with Gasteiger partial charge in [-0.15, -0.1) is 0 Å². The van der Waals surface area contributed by atoms with Gasteiger partial charge in [-0.05, 0) is 11.5 Å². The quantitative estimate of drug-likeness (QED) is 0.911. The predicted molar refractivity (Wildman–Crippen MR) is 75.8 cm³/mol. The molecule has 0 radical (unpaired) electrons. The average molecular weight is 252 g/mol. The van der Waals surface area contributed by atoms with Crippen molar-refractivity contribution in [3.8, 4) is 17.5 Å². The first-order valence-electron chi connectivity index (χ1n) is 6.21. The number of anilines is 1. The number of aromatic nitrogens is 2. The molecule has 0 atom stereocenters. The molecule has 0 saturated heterocycles. The normalized spacial score (nSPS) is 10.3. The Morgan fingerprint density at radius 3 is 2.42 bits per heavy atom. The van der Waals surface area contributed by atoms with E-state index >= 15 is 0 Å². The van der Waals surface area contributed by atoms with Crippen molar-refractivity contribution in [2.75, 3.05) is 12.4 Å². The van der Waals surface area contributed by atoms with E-state index in [1.165, 1.54) is 5.56 Å². The molecular formula is C15H16N4. The topological polar surface area (TPSA) is 61.6 Å². The molecule has 4 heteroatoms. The first-order valence-corrected chi connectivity index (χ1v) is 6.21. The molecule has 0 unspecified atom stereocenters. The molecule has 0 aliphatic heterocycles. The Hall–Kier alpha value is -2.41. The van der Waals surface area contributed by atoms with Crippen LogP contribution in [0.3, 0.4) is 0 Å². The minimum Gasteiger partial charge on any atom is -0.372 e. The number of nitriles is 1. The molecular weight excluding hydrogens is 236 g/mol. The van der Waals surface area contributed by atoms with Crippen LogP contribution in [0.15, 0.2) is 30.5 Å². The van der Waals surface area contributed by atoms with Gasteiger partial charge in [-0.25, -0.2) is 9.97 Å². The molecule has 0 amide bonds. The molecule has 1 heterocycles. The Balaban J connectivity index is 2.39. The fourth-order valence-electron chi connectivity index (χ4n) is 1.81. The van der Waals surface area contributed by atoms with E-state index in [0.717, 1.165) is 5.56 Å². The van der Waals surface area contributed by atoms with Crippen molar-refractivity contribution in [3.05, 3.63) is 41.6 Å². The van der Waals surface area contributed by atoms with Gasteiger partial charge in [0.15, 0.2) is 5.82 Å². The molecule has 0 aliphatic carbocycles. The number of hydrogen-bond acceptors (Lipinski definition) is 4. The fourth-order valence-corrected chi connectivity index (χ4v) is 1.81. The Morgan fingerprint density at radius 2 is 1.89 bits per heavy atom. The second kappa shape index (κ2) is 5.49. The summed E-state index contributed by atoms with van der Waals surface area (Å²) >= 11 is 0. The lowest BCUT2D eigenvalue weighted by molar-refractivity contribution is 0.867. The fraction of sp³-hybridized carbons (Fsp3) is 0.267. The number of nitrogens with zero attached hydrogens (tertiary/aromatic N) is 3. The summed E-state index contributed by atoms with van der Waals surface area (Å²) in [5.74, 6) is 1.68. The summed E-state index contributed by atoms with van der Waals surface area (Å²) in [5.41, 5.74) is 2.68. The highest BCUT2D eigenvalue weighted by molar-refractivity contribution is 5.60. The van der Waals surface area contributed by atoms with E-state index < -0.39 is 0 Å². The third-order valence-corrected chi connectivity index (χ3v) is 2.98. The van der Waals surface area contributed by atoms with Crippen molar-refractivity contribution in [1.29, 1.82) is 5.26 Å². The highest BCUT2D eigenvalue weighted by atomic mass is 15.0. The lowest BCUT2D eigenvalue weighted by Crippen LogP contribution is -2.00. The van der Waals surface area contributed by atoms with Gasteiger partial charge in [0.1, 0.15) is 17.5 Å². The van der Waals surface area contributed by atoms with Crippen molar-refractivity contribution < 1.29 is 0 Å². The molecule has 4 nitrogen and oxygen atoms in total. The minimum absolute atomic E-state index is 0.449. The number of nitrogens with one attached hydrogen (secondary N) is 1. The van der Waals surface area contributed by atoms with Crippen LogP contribution in [-0.2, 0) is 0 Å². The number of rotatable bonds is 3. The summed E-state index contributed by atoms with van der Waals surface area (Å²) in [4.78, 5) is 8.59. The average Bonchev–Trinajstić information content (AvgIpc) is 2.46. The van der Waals surface area contributed by atoms with Gasteiger partial charge in [0, 0.05) is 12.6 Å². The van der Waals surface area contributed by atoms with Gasteiger partial charge in [-0.2, -0.15) is 5.26 Å². The Bertz CT molecular complexity index is 609. The van der Waals surface area contributed by atoms with Gasteiger partial charge >= 0.3 is 0 Å². The Labute approximate surface area is 113 Å². The van der Waals surface area contributed by atoms with E-state index in [4.69, 9.17) is 5.26 Å². The summed E-state index contributed by atoms with van der Waals surface area (Å²) < 4.78 is 0. The zero-order valence-electron chi connectivity index (χ0n) is 11.3. The van der Waals surface area contributed by atoms with Crippen LogP contribution in [-0.4, -0.2) is 17.0 Å². The van der Waals surface area contributed by atoms with Crippen molar-refractivity contribution >= 4 is 5.82 Å². The van der Waals surface area contributed by atoms with Crippen LogP contribution in [0.25, 0.3) is 11.4 Å². The van der Waals surface area contributed by atoms with Crippen molar-refractivity contribution in [3.63, 3.8) is 0 Å². The second-order valence-electron chi connectivity index (χ2n) is 4.59. The van der Waals surface area contributed by atoms with E-state index in [1.807, 2.05) is 12.1 Å². The second-order valence-corrected chi connectivity index (χ2v) is 4.59. The zero-order chi connectivity index (χ0) is 13.8. The maximum atomic E-state index is 8.94. The van der Waals surface area contributed by atoms with Gasteiger partial charge < -0.3 is 5.32 Å². The molecule has 0 fully saturated rings. The van der Waals surface area contributed by atoms with Gasteiger partial charge in [0.25, 0.3) is 0 Å². The smallest absolute Gasteiger partial charge is 0.161 e. The van der Waals surface area contributed by atoms with Crippen molar-refractivity contribution in [1.82, 2.24) is 9.97 Å². The summed E-state index contributed by atoms with van der Waals surface area (Å²) in [6.45, 7) is 4.32. The van der Waals surface area contributed by atoms with Crippen LogP contribution in [0.5, 0.6) is 0 Å². The minimum atomic E-state index is 0.449. The maximum absolute atomic E-state index is 8.94. The van der Waals surface area contributed by atoms with E-state index in [1.54, 1.807) is 13.2 Å². The van der Waals surface area contributed by atoms with Crippen molar-refractivity contribution in [2.45, 2.75) is 19.8 Å². The molecule has 2 rings (SSSR count). The molecule has 0 saturated carbocycles. The molecule has 0 spiro atoms. The Kier molecular flexibility index (Phi) is 3.76. The molecule has 1 N–H and O–H groups in total. The molecule has 0 aliphatic rings. The van der Waals surface area contributed by atoms with Crippen LogP contribution in [0.4, 0.5) is 5.82 Å². The highest BCUT2D eigenvalue weighted by Crippen LogP contribution is 2.21. The third-order valence-electron chi connectivity index (χ3n) is 2.98. The molecule has 1 aromatic carbocycles. The summed E-state index contributed by atoms with van der Waals surface area (Å²) in [6.07, 6.45) is 1.55. The molecule has 0 bridgehead atoms. The lowest BCUT2D eigenvalue weighted by atomic mass is 10.0. The largest absolute Gasteiger partial charge is 0.372 e. The summed E-state index contributed by atoms with van der Waals surface area (Å²) in [6, 6.07) is 10.2. The standard InChI is InChI=1S/C15H16N4/c1-10(2)11-4-6-12(7-5-11)15-18-9-13(8-16)14(17-3)19-15/h4-7,9-10H,1-3H3,(H,17,18,19). The van der Waals surface area contributed by atoms with E-state index in [0.29, 0.717) is 23.1 Å². The van der Waals surface area contributed by atoms with Crippen LogP contribution < -0.4 is 5.32 Å². The van der Waals surface area contributed by atoms with Gasteiger partial charge in [0.2, 0.25) is 0 Å². The molecule has 96 valence electrons. The SMILES string of the molecule is CNc1nc(-c2ccc(C(C)C)cc2)ncc1C#N. The number of benzene rings is 1. The van der Waals surface area contributed by atoms with E-state index in [-0.39, 0.29) is 0 Å². The van der Waals surface area contributed by atoms with E-state index in [2.05, 4.69) is 47.3 Å². The first kappa shape index (κ1) is 13.0. The van der Waals surface area contributed by atoms with Crippen LogP contribution >= 0.6 is 0 Å². The van der Waals surface area contributed by atoms with Gasteiger partial charge in [0.05, 0.1) is 6.20 Å². The zero-order valence-corrected chi connectivity index (χ0v) is 11.3. The summed E-state index contributed by atoms with van der Waals surface area (Å²) in [7, 11) is 1.74. The van der Waals surface area contributed by atoms with Crippen LogP contribution in [0.2, 0.25) is 0 Å². The van der Waals surface area contributed by atoms with Crippen LogP contribution in [0, 0.1) is 11.3 Å². The Morgan fingerprint density at radius 1 is 1.21 bits per heavy atom. The maximum Gasteiger partial charge on any atom is 0.161 e. The van der Waals surface area contributed by atoms with Gasteiger partial charge in [-0.3, -0.25) is 0 Å². The predicted octanol–water partition coefficient (Wildman–Crippen LogP) is 3.18. The lowest BCUT2D eigenvalue weighted by Gasteiger charge is -2.07. The molecule has 19 heavy (non-hydrogen) atoms.